The lowest BCUT2D eigenvalue weighted by atomic mass is 9.68. The molecule has 0 aliphatic carbocycles. The zero-order chi connectivity index (χ0) is 28.8. The van der Waals surface area contributed by atoms with E-state index in [-0.39, 0.29) is 31.8 Å². The summed E-state index contributed by atoms with van der Waals surface area (Å²) in [6, 6.07) is 0. The summed E-state index contributed by atoms with van der Waals surface area (Å²) < 4.78 is 49.6. The van der Waals surface area contributed by atoms with Crippen LogP contribution in [0.4, 0.5) is 13.2 Å². The van der Waals surface area contributed by atoms with Gasteiger partial charge in [-0.25, -0.2) is 0 Å². The average molecular weight is 528 g/mol. The first-order valence-corrected chi connectivity index (χ1v) is 12.1. The van der Waals surface area contributed by atoms with Gasteiger partial charge in [0.15, 0.2) is 5.60 Å². The van der Waals surface area contributed by atoms with Crippen LogP contribution in [0.3, 0.4) is 0 Å². The van der Waals surface area contributed by atoms with E-state index >= 15 is 0 Å². The van der Waals surface area contributed by atoms with Crippen LogP contribution in [0.2, 0.25) is 0 Å². The third-order valence-electron chi connectivity index (χ3n) is 6.18. The second-order valence-corrected chi connectivity index (χ2v) is 11.5. The molecule has 0 aromatic rings. The number of esters is 2. The highest BCUT2D eigenvalue weighted by molar-refractivity contribution is 5.83. The number of rotatable bonds is 13. The van der Waals surface area contributed by atoms with Crippen LogP contribution in [0, 0.1) is 16.7 Å². The Hall–Kier alpha value is -1.88. The Morgan fingerprint density at radius 3 is 1.86 bits per heavy atom. The molecule has 0 heterocycles. The van der Waals surface area contributed by atoms with Crippen LogP contribution in [0.15, 0.2) is 0 Å². The van der Waals surface area contributed by atoms with Crippen molar-refractivity contribution in [1.29, 1.82) is 0 Å². The minimum absolute atomic E-state index is 0.0143. The lowest BCUT2D eigenvalue weighted by Crippen LogP contribution is -2.47. The molecule has 0 aliphatic heterocycles. The largest absolute Gasteiger partial charge is 0.463 e. The number of ether oxygens (including phenoxy) is 2. The number of halogens is 3. The van der Waals surface area contributed by atoms with Gasteiger partial charge in [-0.1, -0.05) is 13.8 Å². The smallest absolute Gasteiger partial charge is 0.417 e. The van der Waals surface area contributed by atoms with Crippen molar-refractivity contribution in [3.05, 3.63) is 0 Å². The summed E-state index contributed by atoms with van der Waals surface area (Å²) in [6.07, 6.45) is -6.94. The average Bonchev–Trinajstić information content (AvgIpc) is 2.68. The van der Waals surface area contributed by atoms with Crippen molar-refractivity contribution in [3.8, 4) is 0 Å². The molecular weight excluding hydrogens is 483 g/mol. The first kappa shape index (κ1) is 34.1. The third-order valence-corrected chi connectivity index (χ3v) is 6.18. The Morgan fingerprint density at radius 2 is 1.44 bits per heavy atom. The van der Waals surface area contributed by atoms with E-state index in [1.54, 1.807) is 20.8 Å². The van der Waals surface area contributed by atoms with Crippen molar-refractivity contribution >= 4 is 17.8 Å². The SMILES string of the molecule is CCC(C)(CC(C)(CC(C)C(=O)NC(C)(C)C)C(=O)OCCO)C(=O)OC(C)CC(C)(O)C(F)(F)F. The minimum atomic E-state index is -4.90. The molecule has 212 valence electrons. The standard InChI is InChI=1S/C25H44F3NO7/c1-10-22(7,20(33)36-17(3)14-24(9,34)25(26,27)28)15-23(8,19(32)35-12-11-30)13-16(2)18(31)29-21(4,5)6/h16-17,30,34H,10-15H2,1-9H3,(H,29,31). The van der Waals surface area contributed by atoms with Crippen molar-refractivity contribution in [2.24, 2.45) is 16.7 Å². The lowest BCUT2D eigenvalue weighted by molar-refractivity contribution is -0.261. The highest BCUT2D eigenvalue weighted by Crippen LogP contribution is 2.43. The first-order valence-electron chi connectivity index (χ1n) is 12.1. The number of hydrogen-bond acceptors (Lipinski definition) is 7. The van der Waals surface area contributed by atoms with Gasteiger partial charge in [-0.15, -0.1) is 0 Å². The van der Waals surface area contributed by atoms with E-state index in [0.717, 1.165) is 0 Å². The van der Waals surface area contributed by atoms with E-state index < -0.39 is 65.1 Å². The summed E-state index contributed by atoms with van der Waals surface area (Å²) in [5.74, 6) is -2.49. The molecule has 0 bridgehead atoms. The minimum Gasteiger partial charge on any atom is -0.463 e. The molecule has 0 radical (unpaired) electrons. The molecule has 36 heavy (non-hydrogen) atoms. The fourth-order valence-corrected chi connectivity index (χ4v) is 4.05. The van der Waals surface area contributed by atoms with Crippen LogP contribution in [0.5, 0.6) is 0 Å². The molecule has 0 aromatic heterocycles. The third kappa shape index (κ3) is 10.2. The van der Waals surface area contributed by atoms with Gasteiger partial charge in [0.2, 0.25) is 5.91 Å². The summed E-state index contributed by atoms with van der Waals surface area (Å²) in [4.78, 5) is 38.8. The molecule has 11 heteroatoms. The Balaban J connectivity index is 5.87. The lowest BCUT2D eigenvalue weighted by Gasteiger charge is -2.38. The molecule has 5 unspecified atom stereocenters. The molecule has 0 fully saturated rings. The molecular formula is C25H44F3NO7. The normalized spacial score (nSPS) is 19.2. The van der Waals surface area contributed by atoms with Crippen LogP contribution in [-0.2, 0) is 23.9 Å². The number of amides is 1. The second-order valence-electron chi connectivity index (χ2n) is 11.5. The summed E-state index contributed by atoms with van der Waals surface area (Å²) in [7, 11) is 0. The molecule has 0 aliphatic rings. The number of aliphatic hydroxyl groups excluding tert-OH is 1. The summed E-state index contributed by atoms with van der Waals surface area (Å²) in [6.45, 7) is 13.0. The summed E-state index contributed by atoms with van der Waals surface area (Å²) in [5.41, 5.74) is -6.22. The molecule has 0 rings (SSSR count). The predicted octanol–water partition coefficient (Wildman–Crippen LogP) is 3.91. The van der Waals surface area contributed by atoms with Gasteiger partial charge in [-0.2, -0.15) is 13.2 Å². The van der Waals surface area contributed by atoms with Crippen molar-refractivity contribution in [2.75, 3.05) is 13.2 Å². The van der Waals surface area contributed by atoms with E-state index in [1.165, 1.54) is 13.8 Å². The van der Waals surface area contributed by atoms with E-state index in [9.17, 15) is 32.7 Å². The predicted molar refractivity (Wildman–Crippen MR) is 128 cm³/mol. The van der Waals surface area contributed by atoms with E-state index in [2.05, 4.69) is 5.32 Å². The quantitative estimate of drug-likeness (QED) is 0.311. The maximum Gasteiger partial charge on any atom is 0.417 e. The van der Waals surface area contributed by atoms with Crippen molar-refractivity contribution in [3.63, 3.8) is 0 Å². The molecule has 0 saturated heterocycles. The maximum absolute atomic E-state index is 13.1. The fourth-order valence-electron chi connectivity index (χ4n) is 4.05. The van der Waals surface area contributed by atoms with Crippen LogP contribution < -0.4 is 5.32 Å². The maximum atomic E-state index is 13.1. The van der Waals surface area contributed by atoms with Gasteiger partial charge in [-0.05, 0) is 67.7 Å². The number of alkyl halides is 3. The zero-order valence-electron chi connectivity index (χ0n) is 23.0. The fraction of sp³-hybridized carbons (Fsp3) is 0.880. The zero-order valence-corrected chi connectivity index (χ0v) is 23.0. The number of nitrogens with one attached hydrogen (secondary N) is 1. The molecule has 3 N–H and O–H groups in total. The Kier molecular flexibility index (Phi) is 11.9. The van der Waals surface area contributed by atoms with Gasteiger partial charge in [0.1, 0.15) is 12.7 Å². The Bertz CT molecular complexity index is 764. The molecule has 1 amide bonds. The Morgan fingerprint density at radius 1 is 0.917 bits per heavy atom. The van der Waals surface area contributed by atoms with Gasteiger partial charge >= 0.3 is 18.1 Å². The molecule has 8 nitrogen and oxygen atoms in total. The first-order chi connectivity index (χ1) is 16.0. The van der Waals surface area contributed by atoms with Crippen molar-refractivity contribution < 1.29 is 47.2 Å². The van der Waals surface area contributed by atoms with E-state index in [4.69, 9.17) is 14.6 Å². The molecule has 5 atom stereocenters. The highest BCUT2D eigenvalue weighted by atomic mass is 19.4. The highest BCUT2D eigenvalue weighted by Gasteiger charge is 2.52. The van der Waals surface area contributed by atoms with Crippen LogP contribution in [0.25, 0.3) is 0 Å². The molecule has 0 saturated carbocycles. The van der Waals surface area contributed by atoms with Crippen LogP contribution in [0.1, 0.15) is 88.0 Å². The summed E-state index contributed by atoms with van der Waals surface area (Å²) >= 11 is 0. The number of carbonyl (C=O) groups excluding carboxylic acids is 3. The van der Waals surface area contributed by atoms with Gasteiger partial charge < -0.3 is 25.0 Å². The second kappa shape index (κ2) is 12.6. The number of hydrogen-bond donors (Lipinski definition) is 3. The van der Waals surface area contributed by atoms with Crippen LogP contribution >= 0.6 is 0 Å². The van der Waals surface area contributed by atoms with Gasteiger partial charge in [0.05, 0.1) is 17.4 Å². The van der Waals surface area contributed by atoms with E-state index in [0.29, 0.717) is 6.92 Å². The Labute approximate surface area is 212 Å². The van der Waals surface area contributed by atoms with Gasteiger partial charge in [-0.3, -0.25) is 14.4 Å². The summed E-state index contributed by atoms with van der Waals surface area (Å²) in [5, 5.41) is 21.7. The number of aliphatic hydroxyl groups is 2. The van der Waals surface area contributed by atoms with Gasteiger partial charge in [0.25, 0.3) is 0 Å². The molecule has 0 aromatic carbocycles. The van der Waals surface area contributed by atoms with Gasteiger partial charge in [0, 0.05) is 17.9 Å². The van der Waals surface area contributed by atoms with Crippen molar-refractivity contribution in [1.82, 2.24) is 5.32 Å². The number of carbonyl (C=O) groups is 3. The monoisotopic (exact) mass is 527 g/mol. The van der Waals surface area contributed by atoms with Crippen LogP contribution in [-0.4, -0.2) is 64.7 Å². The molecule has 0 spiro atoms. The van der Waals surface area contributed by atoms with E-state index in [1.807, 2.05) is 20.8 Å². The van der Waals surface area contributed by atoms with Crippen molar-refractivity contribution in [2.45, 2.75) is 111 Å². The topological polar surface area (TPSA) is 122 Å².